The number of allylic oxidation sites excluding steroid dienone is 8. The van der Waals surface area contributed by atoms with E-state index in [2.05, 4.69) is 63.3 Å². The third-order valence-electron chi connectivity index (χ3n) is 15.6. The molecule has 0 aliphatic rings. The van der Waals surface area contributed by atoms with Gasteiger partial charge in [-0.05, 0) is 44.9 Å². The number of esters is 3. The fraction of sp³-hybridized carbons (Fsp3) is 0.847. The normalized spacial score (nSPS) is 12.3. The number of carbonyl (C=O) groups excluding carboxylic acids is 3. The van der Waals surface area contributed by atoms with Crippen molar-refractivity contribution in [2.24, 2.45) is 0 Å². The summed E-state index contributed by atoms with van der Waals surface area (Å²) in [6, 6.07) is 0. The highest BCUT2D eigenvalue weighted by atomic mass is 16.6. The first kappa shape index (κ1) is 75.4. The molecule has 0 amide bonds. The first-order valence-electron chi connectivity index (χ1n) is 34.6. The van der Waals surface area contributed by atoms with E-state index >= 15 is 0 Å². The van der Waals surface area contributed by atoms with Crippen LogP contribution in [0.25, 0.3) is 0 Å². The van der Waals surface area contributed by atoms with Gasteiger partial charge < -0.3 is 14.2 Å². The molecule has 0 rings (SSSR count). The number of hydrogen-bond donors (Lipinski definition) is 0. The zero-order valence-electron chi connectivity index (χ0n) is 52.5. The fourth-order valence-corrected chi connectivity index (χ4v) is 10.5. The van der Waals surface area contributed by atoms with E-state index in [9.17, 15) is 14.4 Å². The molecule has 0 spiro atoms. The molecule has 0 saturated heterocycles. The molecule has 0 radical (unpaired) electrons. The van der Waals surface area contributed by atoms with Gasteiger partial charge in [0.1, 0.15) is 13.2 Å². The Morgan fingerprint density at radius 2 is 0.500 bits per heavy atom. The number of rotatable bonds is 64. The summed E-state index contributed by atoms with van der Waals surface area (Å²) in [7, 11) is 0. The standard InChI is InChI=1S/C72H132O6/c1-4-7-10-13-16-19-22-25-27-28-29-30-31-32-33-34-35-36-37-38-39-40-41-42-43-44-45-48-50-53-56-59-62-65-71(74)77-68-69(67-76-70(73)64-61-58-55-52-49-46-24-21-18-15-12-9-6-3)78-72(75)66-63-60-57-54-51-47-26-23-20-17-14-11-8-5-2/h9,12,18,21,46,49,55,58,69H,4-8,10-11,13-17,19-20,22-45,47-48,50-54,56-57,59-68H2,1-3H3/b12-9-,21-18-,49-46-,58-55-. The Balaban J connectivity index is 4.08. The predicted molar refractivity (Wildman–Crippen MR) is 339 cm³/mol. The maximum atomic E-state index is 12.9. The number of hydrogen-bond acceptors (Lipinski definition) is 6. The van der Waals surface area contributed by atoms with Gasteiger partial charge in [-0.3, -0.25) is 14.4 Å². The molecule has 0 N–H and O–H groups in total. The fourth-order valence-electron chi connectivity index (χ4n) is 10.5. The minimum Gasteiger partial charge on any atom is -0.462 e. The Labute approximate surface area is 486 Å². The lowest BCUT2D eigenvalue weighted by Gasteiger charge is -2.18. The molecule has 78 heavy (non-hydrogen) atoms. The van der Waals surface area contributed by atoms with Crippen LogP contribution < -0.4 is 0 Å². The van der Waals surface area contributed by atoms with Gasteiger partial charge >= 0.3 is 17.9 Å². The Hall–Kier alpha value is -2.63. The average Bonchev–Trinajstić information content (AvgIpc) is 3.44. The maximum absolute atomic E-state index is 12.9. The summed E-state index contributed by atoms with van der Waals surface area (Å²) in [5.41, 5.74) is 0. The molecule has 0 aromatic heterocycles. The molecule has 0 aliphatic heterocycles. The van der Waals surface area contributed by atoms with Crippen LogP contribution in [-0.2, 0) is 28.6 Å². The minimum atomic E-state index is -0.799. The topological polar surface area (TPSA) is 78.9 Å². The number of ether oxygens (including phenoxy) is 3. The van der Waals surface area contributed by atoms with Crippen LogP contribution in [0.4, 0.5) is 0 Å². The Kier molecular flexibility index (Phi) is 64.6. The Bertz CT molecular complexity index is 1350. The predicted octanol–water partition coefficient (Wildman–Crippen LogP) is 23.7. The van der Waals surface area contributed by atoms with Crippen molar-refractivity contribution < 1.29 is 28.6 Å². The molecule has 1 unspecified atom stereocenters. The van der Waals surface area contributed by atoms with E-state index in [0.717, 1.165) is 64.2 Å². The summed E-state index contributed by atoms with van der Waals surface area (Å²) < 4.78 is 16.9. The summed E-state index contributed by atoms with van der Waals surface area (Å²) in [4.78, 5) is 38.2. The van der Waals surface area contributed by atoms with Crippen LogP contribution in [0.5, 0.6) is 0 Å². The van der Waals surface area contributed by atoms with E-state index in [1.165, 1.54) is 263 Å². The van der Waals surface area contributed by atoms with E-state index in [-0.39, 0.29) is 37.5 Å². The second-order valence-corrected chi connectivity index (χ2v) is 23.4. The summed E-state index contributed by atoms with van der Waals surface area (Å²) in [5, 5.41) is 0. The van der Waals surface area contributed by atoms with E-state index < -0.39 is 6.10 Å². The van der Waals surface area contributed by atoms with E-state index in [1.54, 1.807) is 0 Å². The highest BCUT2D eigenvalue weighted by Crippen LogP contribution is 2.19. The molecule has 0 heterocycles. The van der Waals surface area contributed by atoms with Crippen LogP contribution in [0.1, 0.15) is 374 Å². The van der Waals surface area contributed by atoms with Gasteiger partial charge in [-0.1, -0.05) is 358 Å². The van der Waals surface area contributed by atoms with Crippen LogP contribution in [0.2, 0.25) is 0 Å². The molecule has 0 saturated carbocycles. The van der Waals surface area contributed by atoms with Crippen molar-refractivity contribution in [3.8, 4) is 0 Å². The molecular weight excluding hydrogens is 961 g/mol. The monoisotopic (exact) mass is 1090 g/mol. The van der Waals surface area contributed by atoms with Gasteiger partial charge in [0.25, 0.3) is 0 Å². The van der Waals surface area contributed by atoms with Crippen LogP contribution >= 0.6 is 0 Å². The summed E-state index contributed by atoms with van der Waals surface area (Å²) in [6.07, 6.45) is 84.7. The molecule has 0 bridgehead atoms. The molecule has 0 fully saturated rings. The highest BCUT2D eigenvalue weighted by molar-refractivity contribution is 5.71. The van der Waals surface area contributed by atoms with Gasteiger partial charge in [-0.25, -0.2) is 0 Å². The van der Waals surface area contributed by atoms with Crippen molar-refractivity contribution in [1.29, 1.82) is 0 Å². The minimum absolute atomic E-state index is 0.0902. The van der Waals surface area contributed by atoms with Crippen LogP contribution in [0.15, 0.2) is 48.6 Å². The highest BCUT2D eigenvalue weighted by Gasteiger charge is 2.19. The van der Waals surface area contributed by atoms with Gasteiger partial charge in [0.05, 0.1) is 0 Å². The van der Waals surface area contributed by atoms with Gasteiger partial charge in [-0.2, -0.15) is 0 Å². The van der Waals surface area contributed by atoms with Crippen LogP contribution in [0.3, 0.4) is 0 Å². The number of carbonyl (C=O) groups is 3. The quantitative estimate of drug-likeness (QED) is 0.0261. The molecule has 456 valence electrons. The smallest absolute Gasteiger partial charge is 0.306 e. The molecule has 0 aliphatic carbocycles. The van der Waals surface area contributed by atoms with Crippen molar-refractivity contribution in [1.82, 2.24) is 0 Å². The van der Waals surface area contributed by atoms with Gasteiger partial charge in [0.15, 0.2) is 6.10 Å². The summed E-state index contributed by atoms with van der Waals surface area (Å²) in [6.45, 7) is 6.52. The zero-order chi connectivity index (χ0) is 56.4. The average molecular weight is 1090 g/mol. The third-order valence-corrected chi connectivity index (χ3v) is 15.6. The van der Waals surface area contributed by atoms with Gasteiger partial charge in [-0.15, -0.1) is 0 Å². The SMILES string of the molecule is CC/C=C\C/C=C\C/C=C\C/C=C\CCC(=O)OCC(COC(=O)CCCCCCCCCCCCCCCCCCCCCCCCCCCCCCCCCCC)OC(=O)CCCCCCCCCCCCCCCC. The van der Waals surface area contributed by atoms with Crippen molar-refractivity contribution in [3.05, 3.63) is 48.6 Å². The van der Waals surface area contributed by atoms with E-state index in [0.29, 0.717) is 19.3 Å². The number of unbranched alkanes of at least 4 members (excludes halogenated alkanes) is 45. The molecule has 6 nitrogen and oxygen atoms in total. The van der Waals surface area contributed by atoms with Crippen molar-refractivity contribution >= 4 is 17.9 Å². The second kappa shape index (κ2) is 66.9. The lowest BCUT2D eigenvalue weighted by molar-refractivity contribution is -0.166. The Morgan fingerprint density at radius 1 is 0.269 bits per heavy atom. The molecule has 0 aromatic carbocycles. The summed E-state index contributed by atoms with van der Waals surface area (Å²) >= 11 is 0. The Morgan fingerprint density at radius 3 is 0.782 bits per heavy atom. The van der Waals surface area contributed by atoms with Gasteiger partial charge in [0, 0.05) is 19.3 Å². The van der Waals surface area contributed by atoms with Crippen LogP contribution in [-0.4, -0.2) is 37.2 Å². The first-order valence-corrected chi connectivity index (χ1v) is 34.6. The lowest BCUT2D eigenvalue weighted by Crippen LogP contribution is -2.30. The van der Waals surface area contributed by atoms with Crippen molar-refractivity contribution in [2.45, 2.75) is 380 Å². The molecule has 1 atom stereocenters. The largest absolute Gasteiger partial charge is 0.462 e. The zero-order valence-corrected chi connectivity index (χ0v) is 52.5. The van der Waals surface area contributed by atoms with Crippen LogP contribution in [0, 0.1) is 0 Å². The second-order valence-electron chi connectivity index (χ2n) is 23.4. The lowest BCUT2D eigenvalue weighted by atomic mass is 10.0. The molecular formula is C72H132O6. The van der Waals surface area contributed by atoms with Crippen molar-refractivity contribution in [3.63, 3.8) is 0 Å². The van der Waals surface area contributed by atoms with E-state index in [1.807, 2.05) is 6.08 Å². The van der Waals surface area contributed by atoms with Crippen molar-refractivity contribution in [2.75, 3.05) is 13.2 Å². The first-order chi connectivity index (χ1) is 38.5. The third kappa shape index (κ3) is 64.2. The van der Waals surface area contributed by atoms with Gasteiger partial charge in [0.2, 0.25) is 0 Å². The molecule has 6 heteroatoms. The molecule has 0 aromatic rings. The maximum Gasteiger partial charge on any atom is 0.306 e. The summed E-state index contributed by atoms with van der Waals surface area (Å²) in [5.74, 6) is -0.954. The van der Waals surface area contributed by atoms with E-state index in [4.69, 9.17) is 14.2 Å².